The summed E-state index contributed by atoms with van der Waals surface area (Å²) in [7, 11) is 0. The molecule has 0 radical (unpaired) electrons. The highest BCUT2D eigenvalue weighted by molar-refractivity contribution is 6.23. The van der Waals surface area contributed by atoms with Crippen molar-refractivity contribution in [3.05, 3.63) is 41.5 Å². The number of rotatable bonds is 14. The lowest BCUT2D eigenvalue weighted by Gasteiger charge is -2.22. The van der Waals surface area contributed by atoms with Crippen LogP contribution in [-0.4, -0.2) is 51.8 Å². The molecule has 2 aromatic rings. The number of benzene rings is 2. The van der Waals surface area contributed by atoms with Crippen LogP contribution in [0.4, 0.5) is 0 Å². The van der Waals surface area contributed by atoms with Crippen molar-refractivity contribution in [1.82, 2.24) is 10.6 Å². The fraction of sp³-hybridized carbons (Fsp3) is 0.606. The highest BCUT2D eigenvalue weighted by Crippen LogP contribution is 2.49. The summed E-state index contributed by atoms with van der Waals surface area (Å²) in [5.41, 5.74) is 3.09. The second-order valence-corrected chi connectivity index (χ2v) is 11.5. The van der Waals surface area contributed by atoms with Gasteiger partial charge in [0.05, 0.1) is 19.8 Å². The summed E-state index contributed by atoms with van der Waals surface area (Å²) >= 11 is 0. The standard InChI is InChI=1S/C33H46N2O4/c1-2-3-17-39-30-21-26(37-18-7-11-24-9-5-15-34-22-24)20-28-32(30)31-27(33(28)36)13-4-14-29(31)38-19-8-12-25-10-6-16-35-23-25/h4,13-14,20-21,24-25,34-35H,2-3,5-12,15-19,22-23H2,1H3. The van der Waals surface area contributed by atoms with E-state index in [4.69, 9.17) is 14.2 Å². The van der Waals surface area contributed by atoms with Crippen LogP contribution in [0, 0.1) is 11.8 Å². The van der Waals surface area contributed by atoms with Gasteiger partial charge in [0.25, 0.3) is 0 Å². The summed E-state index contributed by atoms with van der Waals surface area (Å²) in [6.45, 7) is 8.59. The van der Waals surface area contributed by atoms with E-state index in [-0.39, 0.29) is 5.78 Å². The van der Waals surface area contributed by atoms with Gasteiger partial charge in [-0.3, -0.25) is 4.79 Å². The number of fused-ring (bicyclic) bond motifs is 3. The van der Waals surface area contributed by atoms with Gasteiger partial charge in [-0.25, -0.2) is 0 Å². The van der Waals surface area contributed by atoms with E-state index < -0.39 is 0 Å². The van der Waals surface area contributed by atoms with Gasteiger partial charge in [-0.2, -0.15) is 0 Å². The lowest BCUT2D eigenvalue weighted by Crippen LogP contribution is -2.29. The van der Waals surface area contributed by atoms with E-state index in [2.05, 4.69) is 17.6 Å². The van der Waals surface area contributed by atoms with Crippen molar-refractivity contribution in [2.45, 2.75) is 71.1 Å². The Labute approximate surface area is 234 Å². The quantitative estimate of drug-likeness (QED) is 0.234. The number of hydrogen-bond acceptors (Lipinski definition) is 6. The first-order valence-corrected chi connectivity index (χ1v) is 15.4. The number of unbranched alkanes of at least 4 members (excludes halogenated alkanes) is 1. The van der Waals surface area contributed by atoms with Gasteiger partial charge >= 0.3 is 0 Å². The number of ketones is 1. The zero-order valence-electron chi connectivity index (χ0n) is 23.7. The lowest BCUT2D eigenvalue weighted by molar-refractivity contribution is 0.104. The number of ether oxygens (including phenoxy) is 3. The Morgan fingerprint density at radius 2 is 1.41 bits per heavy atom. The van der Waals surface area contributed by atoms with Crippen LogP contribution in [0.2, 0.25) is 0 Å². The molecule has 2 N–H and O–H groups in total. The Morgan fingerprint density at radius 1 is 0.769 bits per heavy atom. The first-order chi connectivity index (χ1) is 19.2. The first-order valence-electron chi connectivity index (χ1n) is 15.4. The molecule has 2 aliphatic heterocycles. The van der Waals surface area contributed by atoms with E-state index in [9.17, 15) is 4.79 Å². The molecular formula is C33H46N2O4. The number of carbonyl (C=O) groups is 1. The van der Waals surface area contributed by atoms with Crippen molar-refractivity contribution >= 4 is 5.78 Å². The molecule has 6 nitrogen and oxygen atoms in total. The van der Waals surface area contributed by atoms with E-state index in [0.29, 0.717) is 36.7 Å². The largest absolute Gasteiger partial charge is 0.493 e. The molecule has 0 aromatic heterocycles. The van der Waals surface area contributed by atoms with Crippen molar-refractivity contribution in [3.63, 3.8) is 0 Å². The zero-order valence-corrected chi connectivity index (χ0v) is 23.7. The zero-order chi connectivity index (χ0) is 26.9. The number of piperidine rings is 2. The third-order valence-electron chi connectivity index (χ3n) is 8.43. The Balaban J connectivity index is 1.29. The minimum absolute atomic E-state index is 0.0257. The molecule has 2 unspecified atom stereocenters. The Bertz CT molecular complexity index is 1090. The molecule has 5 rings (SSSR count). The first kappa shape index (κ1) is 28.0. The summed E-state index contributed by atoms with van der Waals surface area (Å²) < 4.78 is 18.8. The molecule has 0 amide bonds. The molecule has 6 heteroatoms. The van der Waals surface area contributed by atoms with Crippen LogP contribution in [0.25, 0.3) is 11.1 Å². The number of hydrogen-bond donors (Lipinski definition) is 2. The number of carbonyl (C=O) groups excluding carboxylic acids is 1. The Hall–Kier alpha value is -2.57. The predicted molar refractivity (Wildman–Crippen MR) is 156 cm³/mol. The van der Waals surface area contributed by atoms with Gasteiger partial charge in [0.1, 0.15) is 17.2 Å². The second kappa shape index (κ2) is 14.2. The number of nitrogens with one attached hydrogen (secondary N) is 2. The maximum Gasteiger partial charge on any atom is 0.194 e. The summed E-state index contributed by atoms with van der Waals surface area (Å²) in [5, 5.41) is 7.00. The monoisotopic (exact) mass is 534 g/mol. The predicted octanol–water partition coefficient (Wildman–Crippen LogP) is 6.39. The van der Waals surface area contributed by atoms with Gasteiger partial charge in [0.15, 0.2) is 5.78 Å². The fourth-order valence-corrected chi connectivity index (χ4v) is 6.25. The normalized spacial score (nSPS) is 20.4. The third kappa shape index (κ3) is 7.15. The molecule has 39 heavy (non-hydrogen) atoms. The summed E-state index contributed by atoms with van der Waals surface area (Å²) in [5.74, 6) is 3.72. The van der Waals surface area contributed by atoms with Crippen LogP contribution >= 0.6 is 0 Å². The highest BCUT2D eigenvalue weighted by Gasteiger charge is 2.33. The van der Waals surface area contributed by atoms with E-state index in [1.165, 1.54) is 38.5 Å². The lowest BCUT2D eigenvalue weighted by atomic mass is 9.95. The third-order valence-corrected chi connectivity index (χ3v) is 8.43. The molecule has 0 spiro atoms. The Kier molecular flexibility index (Phi) is 10.2. The van der Waals surface area contributed by atoms with Crippen molar-refractivity contribution in [1.29, 1.82) is 0 Å². The topological polar surface area (TPSA) is 68.8 Å². The molecule has 212 valence electrons. The minimum atomic E-state index is 0.0257. The van der Waals surface area contributed by atoms with Gasteiger partial charge < -0.3 is 24.8 Å². The van der Waals surface area contributed by atoms with Crippen LogP contribution in [0.3, 0.4) is 0 Å². The van der Waals surface area contributed by atoms with Gasteiger partial charge in [0, 0.05) is 28.3 Å². The molecule has 2 fully saturated rings. The average Bonchev–Trinajstić information content (AvgIpc) is 3.27. The van der Waals surface area contributed by atoms with E-state index in [1.807, 2.05) is 30.3 Å². The highest BCUT2D eigenvalue weighted by atomic mass is 16.5. The second-order valence-electron chi connectivity index (χ2n) is 11.5. The van der Waals surface area contributed by atoms with Crippen LogP contribution < -0.4 is 24.8 Å². The SMILES string of the molecule is CCCCOc1cc(OCCCC2CCCNC2)cc2c1-c1c(OCCCC3CCCNC3)cccc1C2=O. The van der Waals surface area contributed by atoms with Crippen LogP contribution in [0.15, 0.2) is 30.3 Å². The maximum absolute atomic E-state index is 13.6. The molecule has 1 aliphatic carbocycles. The summed E-state index contributed by atoms with van der Waals surface area (Å²) in [6.07, 6.45) is 11.5. The molecule has 0 saturated carbocycles. The van der Waals surface area contributed by atoms with Gasteiger partial charge in [-0.05, 0) is 108 Å². The van der Waals surface area contributed by atoms with E-state index in [0.717, 1.165) is 86.3 Å². The van der Waals surface area contributed by atoms with Crippen molar-refractivity contribution in [3.8, 4) is 28.4 Å². The van der Waals surface area contributed by atoms with Crippen LogP contribution in [-0.2, 0) is 0 Å². The summed E-state index contributed by atoms with van der Waals surface area (Å²) in [6, 6.07) is 9.72. The molecule has 2 heterocycles. The molecule has 2 atom stereocenters. The fourth-order valence-electron chi connectivity index (χ4n) is 6.25. The molecule has 3 aliphatic rings. The molecule has 2 aromatic carbocycles. The van der Waals surface area contributed by atoms with Crippen molar-refractivity contribution in [2.75, 3.05) is 46.0 Å². The summed E-state index contributed by atoms with van der Waals surface area (Å²) in [4.78, 5) is 13.6. The van der Waals surface area contributed by atoms with Gasteiger partial charge in [-0.15, -0.1) is 0 Å². The average molecular weight is 535 g/mol. The van der Waals surface area contributed by atoms with Gasteiger partial charge in [-0.1, -0.05) is 25.5 Å². The van der Waals surface area contributed by atoms with Crippen LogP contribution in [0.1, 0.15) is 87.1 Å². The van der Waals surface area contributed by atoms with Crippen molar-refractivity contribution < 1.29 is 19.0 Å². The van der Waals surface area contributed by atoms with Crippen LogP contribution in [0.5, 0.6) is 17.2 Å². The van der Waals surface area contributed by atoms with E-state index >= 15 is 0 Å². The van der Waals surface area contributed by atoms with Crippen molar-refractivity contribution in [2.24, 2.45) is 11.8 Å². The molecule has 0 bridgehead atoms. The maximum atomic E-state index is 13.6. The smallest absolute Gasteiger partial charge is 0.194 e. The van der Waals surface area contributed by atoms with E-state index in [1.54, 1.807) is 0 Å². The molecular weight excluding hydrogens is 488 g/mol. The van der Waals surface area contributed by atoms with Gasteiger partial charge in [0.2, 0.25) is 0 Å². The Morgan fingerprint density at radius 3 is 2.08 bits per heavy atom. The molecule has 2 saturated heterocycles. The minimum Gasteiger partial charge on any atom is -0.493 e.